The van der Waals surface area contributed by atoms with Gasteiger partial charge in [-0.05, 0) is 6.07 Å². The lowest BCUT2D eigenvalue weighted by molar-refractivity contribution is -0.155. The van der Waals surface area contributed by atoms with E-state index in [0.29, 0.717) is 6.07 Å². The summed E-state index contributed by atoms with van der Waals surface area (Å²) in [6.45, 7) is -0.200. The molecule has 2 aromatic heterocycles. The Hall–Kier alpha value is -2.72. The largest absolute Gasteiger partial charge is 0.378 e. The molecule has 1 N–H and O–H groups in total. The Labute approximate surface area is 135 Å². The predicted molar refractivity (Wildman–Crippen MR) is 76.3 cm³/mol. The first kappa shape index (κ1) is 16.1. The molecule has 2 atom stereocenters. The smallest absolute Gasteiger partial charge is 0.186 e. The van der Waals surface area contributed by atoms with Crippen molar-refractivity contribution in [3.63, 3.8) is 0 Å². The highest BCUT2D eigenvalue weighted by atomic mass is 19.1. The number of aromatic nitrogens is 6. The van der Waals surface area contributed by atoms with E-state index in [1.165, 1.54) is 41.8 Å². The van der Waals surface area contributed by atoms with E-state index in [0.717, 1.165) is 12.1 Å². The predicted octanol–water partition coefficient (Wildman–Crippen LogP) is 0.881. The molecule has 0 bridgehead atoms. The molecule has 0 aliphatic carbocycles. The quantitative estimate of drug-likeness (QED) is 0.719. The molecule has 2 heterocycles. The maximum atomic E-state index is 14.4. The number of nitrogens with zero attached hydrogens (tertiary/aromatic N) is 6. The van der Waals surface area contributed by atoms with Crippen LogP contribution in [0, 0.1) is 11.6 Å². The van der Waals surface area contributed by atoms with Gasteiger partial charge in [-0.2, -0.15) is 10.2 Å². The topological polar surface area (TPSA) is 90.9 Å². The van der Waals surface area contributed by atoms with Gasteiger partial charge in [-0.3, -0.25) is 0 Å². The number of hydrogen-bond acceptors (Lipinski definition) is 6. The minimum absolute atomic E-state index is 0.165. The number of ether oxygens (including phenoxy) is 1. The van der Waals surface area contributed by atoms with Crippen molar-refractivity contribution in [3.8, 4) is 0 Å². The number of benzene rings is 1. The van der Waals surface area contributed by atoms with Crippen molar-refractivity contribution in [1.29, 1.82) is 0 Å². The molecule has 126 valence electrons. The van der Waals surface area contributed by atoms with Crippen LogP contribution in [0.3, 0.4) is 0 Å². The standard InChI is InChI=1S/C14H14F2N6O2/c1-24-13(22-9-18-7-20-22)14(23,5-21-8-17-6-19-21)11-3-2-10(15)4-12(11)16/h2-4,6-9,13,23H,5H2,1H3/t13-,14-/m1/s1. The van der Waals surface area contributed by atoms with Gasteiger partial charge >= 0.3 is 0 Å². The molecule has 0 saturated carbocycles. The van der Waals surface area contributed by atoms with Crippen molar-refractivity contribution in [1.82, 2.24) is 29.5 Å². The van der Waals surface area contributed by atoms with Crippen LogP contribution >= 0.6 is 0 Å². The van der Waals surface area contributed by atoms with Crippen LogP contribution in [0.4, 0.5) is 8.78 Å². The molecule has 0 radical (unpaired) electrons. The molecule has 0 saturated heterocycles. The summed E-state index contributed by atoms with van der Waals surface area (Å²) in [5, 5.41) is 19.1. The van der Waals surface area contributed by atoms with Gasteiger partial charge in [-0.1, -0.05) is 6.07 Å². The van der Waals surface area contributed by atoms with E-state index in [1.807, 2.05) is 0 Å². The molecule has 8 nitrogen and oxygen atoms in total. The van der Waals surface area contributed by atoms with E-state index in [2.05, 4.69) is 20.2 Å². The van der Waals surface area contributed by atoms with E-state index >= 15 is 0 Å². The molecule has 24 heavy (non-hydrogen) atoms. The monoisotopic (exact) mass is 336 g/mol. The number of halogens is 2. The fourth-order valence-electron chi connectivity index (χ4n) is 2.56. The molecular weight excluding hydrogens is 322 g/mol. The molecule has 3 rings (SSSR count). The summed E-state index contributed by atoms with van der Waals surface area (Å²) >= 11 is 0. The summed E-state index contributed by atoms with van der Waals surface area (Å²) in [6, 6.07) is 2.90. The van der Waals surface area contributed by atoms with Crippen LogP contribution in [-0.4, -0.2) is 41.7 Å². The average molecular weight is 336 g/mol. The molecule has 0 fully saturated rings. The summed E-state index contributed by atoms with van der Waals surface area (Å²) < 4.78 is 35.5. The fraction of sp³-hybridized carbons (Fsp3) is 0.286. The third kappa shape index (κ3) is 2.88. The second-order valence-corrected chi connectivity index (χ2v) is 5.11. The van der Waals surface area contributed by atoms with Gasteiger partial charge in [-0.15, -0.1) is 0 Å². The van der Waals surface area contributed by atoms with Gasteiger partial charge in [0, 0.05) is 18.7 Å². The van der Waals surface area contributed by atoms with Crippen LogP contribution in [-0.2, 0) is 16.9 Å². The first-order valence-corrected chi connectivity index (χ1v) is 6.92. The van der Waals surface area contributed by atoms with Gasteiger partial charge in [0.05, 0.1) is 6.54 Å². The lowest BCUT2D eigenvalue weighted by Gasteiger charge is -2.35. The van der Waals surface area contributed by atoms with Crippen molar-refractivity contribution in [2.75, 3.05) is 7.11 Å². The summed E-state index contributed by atoms with van der Waals surface area (Å²) in [5.41, 5.74) is -2.12. The second-order valence-electron chi connectivity index (χ2n) is 5.11. The summed E-state index contributed by atoms with van der Waals surface area (Å²) in [7, 11) is 1.33. The minimum Gasteiger partial charge on any atom is -0.378 e. The normalized spacial score (nSPS) is 15.2. The van der Waals surface area contributed by atoms with Gasteiger partial charge in [0.15, 0.2) is 11.8 Å². The number of rotatable bonds is 6. The van der Waals surface area contributed by atoms with E-state index in [4.69, 9.17) is 4.74 Å². The Bertz CT molecular complexity index is 796. The zero-order valence-corrected chi connectivity index (χ0v) is 12.6. The molecular formula is C14H14F2N6O2. The van der Waals surface area contributed by atoms with Crippen molar-refractivity contribution in [3.05, 3.63) is 60.7 Å². The van der Waals surface area contributed by atoms with E-state index < -0.39 is 23.5 Å². The van der Waals surface area contributed by atoms with E-state index in [1.54, 1.807) is 0 Å². The molecule has 0 amide bonds. The van der Waals surface area contributed by atoms with Gasteiger partial charge in [0.1, 0.15) is 36.9 Å². The van der Waals surface area contributed by atoms with Gasteiger partial charge in [0.2, 0.25) is 0 Å². The molecule has 10 heteroatoms. The summed E-state index contributed by atoms with van der Waals surface area (Å²) in [6.07, 6.45) is 4.08. The van der Waals surface area contributed by atoms with Crippen LogP contribution in [0.25, 0.3) is 0 Å². The maximum Gasteiger partial charge on any atom is 0.186 e. The Morgan fingerprint density at radius 1 is 1.21 bits per heavy atom. The SMILES string of the molecule is CO[C@@H](n1cncn1)[C@@](O)(Cn1cncn1)c1ccc(F)cc1F. The molecule has 0 aliphatic heterocycles. The molecule has 0 spiro atoms. The first-order chi connectivity index (χ1) is 11.5. The van der Waals surface area contributed by atoms with Crippen molar-refractivity contribution in [2.45, 2.75) is 18.4 Å². The van der Waals surface area contributed by atoms with Crippen LogP contribution in [0.5, 0.6) is 0 Å². The average Bonchev–Trinajstić information content (AvgIpc) is 3.21. The lowest BCUT2D eigenvalue weighted by Crippen LogP contribution is -2.43. The number of aliphatic hydroxyl groups is 1. The number of methoxy groups -OCH3 is 1. The van der Waals surface area contributed by atoms with Crippen LogP contribution in [0.1, 0.15) is 11.8 Å². The first-order valence-electron chi connectivity index (χ1n) is 6.92. The molecule has 1 aromatic carbocycles. The molecule has 0 unspecified atom stereocenters. The highest BCUT2D eigenvalue weighted by molar-refractivity contribution is 5.26. The summed E-state index contributed by atoms with van der Waals surface area (Å²) in [5.74, 6) is -1.67. The van der Waals surface area contributed by atoms with Crippen molar-refractivity contribution >= 4 is 0 Å². The van der Waals surface area contributed by atoms with Crippen LogP contribution < -0.4 is 0 Å². The van der Waals surface area contributed by atoms with Gasteiger partial charge < -0.3 is 9.84 Å². The van der Waals surface area contributed by atoms with E-state index in [-0.39, 0.29) is 12.1 Å². The fourth-order valence-corrected chi connectivity index (χ4v) is 2.56. The Balaban J connectivity index is 2.12. The maximum absolute atomic E-state index is 14.4. The Morgan fingerprint density at radius 2 is 1.96 bits per heavy atom. The zero-order valence-electron chi connectivity index (χ0n) is 12.6. The minimum atomic E-state index is -1.95. The van der Waals surface area contributed by atoms with Crippen LogP contribution in [0.15, 0.2) is 43.5 Å². The third-order valence-corrected chi connectivity index (χ3v) is 3.58. The highest BCUT2D eigenvalue weighted by Gasteiger charge is 2.43. The van der Waals surface area contributed by atoms with Crippen molar-refractivity contribution in [2.24, 2.45) is 0 Å². The third-order valence-electron chi connectivity index (χ3n) is 3.58. The molecule has 0 aliphatic rings. The Morgan fingerprint density at radius 3 is 2.54 bits per heavy atom. The van der Waals surface area contributed by atoms with E-state index in [9.17, 15) is 13.9 Å². The van der Waals surface area contributed by atoms with Gasteiger partial charge in [0.25, 0.3) is 0 Å². The number of hydrogen-bond donors (Lipinski definition) is 1. The highest BCUT2D eigenvalue weighted by Crippen LogP contribution is 2.36. The van der Waals surface area contributed by atoms with Crippen LogP contribution in [0.2, 0.25) is 0 Å². The lowest BCUT2D eigenvalue weighted by atomic mass is 9.91. The van der Waals surface area contributed by atoms with Crippen molar-refractivity contribution < 1.29 is 18.6 Å². The molecule has 3 aromatic rings. The van der Waals surface area contributed by atoms with Gasteiger partial charge in [-0.25, -0.2) is 28.1 Å². The Kier molecular flexibility index (Phi) is 4.32. The summed E-state index contributed by atoms with van der Waals surface area (Å²) in [4.78, 5) is 7.60. The second kappa shape index (κ2) is 6.42. The zero-order chi connectivity index (χ0) is 17.2.